The highest BCUT2D eigenvalue weighted by atomic mass is 16.4. The molecule has 0 aromatic carbocycles. The van der Waals surface area contributed by atoms with Gasteiger partial charge in [0, 0.05) is 6.04 Å². The molecular weight excluding hydrogens is 178 g/mol. The van der Waals surface area contributed by atoms with Crippen molar-refractivity contribution in [3.8, 4) is 0 Å². The molecule has 0 saturated carbocycles. The van der Waals surface area contributed by atoms with Crippen molar-refractivity contribution < 1.29 is 9.90 Å². The summed E-state index contributed by atoms with van der Waals surface area (Å²) < 4.78 is 0. The fourth-order valence-electron chi connectivity index (χ4n) is 2.02. The molecule has 1 N–H and O–H groups in total. The second kappa shape index (κ2) is 5.15. The minimum Gasteiger partial charge on any atom is -0.480 e. The lowest BCUT2D eigenvalue weighted by Gasteiger charge is -2.30. The van der Waals surface area contributed by atoms with Gasteiger partial charge in [0.15, 0.2) is 0 Å². The normalized spacial score (nSPS) is 26.5. The Balaban J connectivity index is 2.73. The number of aliphatic carboxylic acids is 1. The van der Waals surface area contributed by atoms with Crippen molar-refractivity contribution >= 4 is 5.97 Å². The van der Waals surface area contributed by atoms with Crippen LogP contribution in [0.25, 0.3) is 0 Å². The standard InChI is InChI=1S/C11H19NO2/c1-3-9(2)12-8-6-4-5-7-10(12)11(13)14/h3,9-10H,1,4-8H2,2H3,(H,13,14). The molecule has 1 aliphatic rings. The van der Waals surface area contributed by atoms with Crippen LogP contribution in [0.4, 0.5) is 0 Å². The fraction of sp³-hybridized carbons (Fsp3) is 0.727. The maximum absolute atomic E-state index is 11.1. The van der Waals surface area contributed by atoms with Crippen molar-refractivity contribution in [1.29, 1.82) is 0 Å². The van der Waals surface area contributed by atoms with E-state index in [0.29, 0.717) is 0 Å². The summed E-state index contributed by atoms with van der Waals surface area (Å²) in [5.41, 5.74) is 0. The number of carboxylic acids is 1. The van der Waals surface area contributed by atoms with Crippen LogP contribution in [0.3, 0.4) is 0 Å². The summed E-state index contributed by atoms with van der Waals surface area (Å²) >= 11 is 0. The topological polar surface area (TPSA) is 40.5 Å². The third-order valence-corrected chi connectivity index (χ3v) is 2.94. The van der Waals surface area contributed by atoms with Crippen molar-refractivity contribution in [3.05, 3.63) is 12.7 Å². The van der Waals surface area contributed by atoms with Gasteiger partial charge in [0.1, 0.15) is 6.04 Å². The van der Waals surface area contributed by atoms with Crippen LogP contribution in [0, 0.1) is 0 Å². The number of carboxylic acid groups (broad SMARTS) is 1. The van der Waals surface area contributed by atoms with Gasteiger partial charge < -0.3 is 5.11 Å². The molecular formula is C11H19NO2. The molecule has 0 amide bonds. The van der Waals surface area contributed by atoms with Crippen LogP contribution in [-0.2, 0) is 4.79 Å². The molecule has 2 atom stereocenters. The number of rotatable bonds is 3. The van der Waals surface area contributed by atoms with Crippen molar-refractivity contribution in [2.75, 3.05) is 6.54 Å². The van der Waals surface area contributed by atoms with E-state index >= 15 is 0 Å². The first-order valence-electron chi connectivity index (χ1n) is 5.28. The number of hydrogen-bond acceptors (Lipinski definition) is 2. The second-order valence-corrected chi connectivity index (χ2v) is 3.92. The Hall–Kier alpha value is -0.830. The summed E-state index contributed by atoms with van der Waals surface area (Å²) in [6, 6.07) is -0.153. The van der Waals surface area contributed by atoms with E-state index in [2.05, 4.69) is 6.58 Å². The third-order valence-electron chi connectivity index (χ3n) is 2.94. The molecule has 0 radical (unpaired) electrons. The Kier molecular flexibility index (Phi) is 4.14. The van der Waals surface area contributed by atoms with Crippen LogP contribution in [0.15, 0.2) is 12.7 Å². The summed E-state index contributed by atoms with van der Waals surface area (Å²) in [5, 5.41) is 9.10. The molecule has 2 unspecified atom stereocenters. The van der Waals surface area contributed by atoms with E-state index in [0.717, 1.165) is 32.2 Å². The van der Waals surface area contributed by atoms with Crippen LogP contribution in [-0.4, -0.2) is 34.6 Å². The number of nitrogens with zero attached hydrogens (tertiary/aromatic N) is 1. The first kappa shape index (κ1) is 11.2. The lowest BCUT2D eigenvalue weighted by Crippen LogP contribution is -2.45. The average molecular weight is 197 g/mol. The molecule has 1 fully saturated rings. The van der Waals surface area contributed by atoms with Crippen molar-refractivity contribution in [2.24, 2.45) is 0 Å². The van der Waals surface area contributed by atoms with E-state index in [1.54, 1.807) is 0 Å². The Bertz CT molecular complexity index is 215. The molecule has 1 aliphatic heterocycles. The molecule has 0 spiro atoms. The van der Waals surface area contributed by atoms with Gasteiger partial charge >= 0.3 is 5.97 Å². The Morgan fingerprint density at radius 3 is 2.86 bits per heavy atom. The average Bonchev–Trinajstić information content (AvgIpc) is 2.41. The van der Waals surface area contributed by atoms with Crippen LogP contribution >= 0.6 is 0 Å². The van der Waals surface area contributed by atoms with Crippen LogP contribution in [0.2, 0.25) is 0 Å². The SMILES string of the molecule is C=CC(C)N1CCCCCC1C(=O)O. The van der Waals surface area contributed by atoms with E-state index in [1.807, 2.05) is 17.9 Å². The molecule has 1 rings (SSSR count). The first-order valence-corrected chi connectivity index (χ1v) is 5.28. The van der Waals surface area contributed by atoms with Gasteiger partial charge in [0.2, 0.25) is 0 Å². The van der Waals surface area contributed by atoms with E-state index < -0.39 is 5.97 Å². The summed E-state index contributed by atoms with van der Waals surface area (Å²) in [6.45, 7) is 6.61. The van der Waals surface area contributed by atoms with Gasteiger partial charge in [-0.1, -0.05) is 18.9 Å². The summed E-state index contributed by atoms with van der Waals surface area (Å²) in [5.74, 6) is -0.694. The van der Waals surface area contributed by atoms with E-state index in [4.69, 9.17) is 5.11 Å². The predicted molar refractivity (Wildman–Crippen MR) is 56.3 cm³/mol. The number of hydrogen-bond donors (Lipinski definition) is 1. The van der Waals surface area contributed by atoms with Crippen molar-refractivity contribution in [2.45, 2.75) is 44.7 Å². The molecule has 0 aromatic rings. The quantitative estimate of drug-likeness (QED) is 0.702. The highest BCUT2D eigenvalue weighted by molar-refractivity contribution is 5.73. The molecule has 3 nitrogen and oxygen atoms in total. The van der Waals surface area contributed by atoms with Crippen LogP contribution in [0.1, 0.15) is 32.6 Å². The molecule has 0 aliphatic carbocycles. The third kappa shape index (κ3) is 2.58. The summed E-state index contributed by atoms with van der Waals surface area (Å²) in [6.07, 6.45) is 5.86. The molecule has 1 saturated heterocycles. The molecule has 0 bridgehead atoms. The Morgan fingerprint density at radius 1 is 1.57 bits per heavy atom. The monoisotopic (exact) mass is 197 g/mol. The maximum atomic E-state index is 11.1. The summed E-state index contributed by atoms with van der Waals surface area (Å²) in [7, 11) is 0. The minimum absolute atomic E-state index is 0.161. The van der Waals surface area contributed by atoms with E-state index in [-0.39, 0.29) is 12.1 Å². The van der Waals surface area contributed by atoms with Gasteiger partial charge in [-0.3, -0.25) is 9.69 Å². The molecule has 3 heteroatoms. The highest BCUT2D eigenvalue weighted by Gasteiger charge is 2.28. The number of carbonyl (C=O) groups is 1. The van der Waals surface area contributed by atoms with Crippen molar-refractivity contribution in [3.63, 3.8) is 0 Å². The zero-order valence-corrected chi connectivity index (χ0v) is 8.78. The zero-order chi connectivity index (χ0) is 10.6. The Labute approximate surface area is 85.4 Å². The smallest absolute Gasteiger partial charge is 0.320 e. The maximum Gasteiger partial charge on any atom is 0.320 e. The molecule has 1 heterocycles. The van der Waals surface area contributed by atoms with E-state index in [1.165, 1.54) is 0 Å². The second-order valence-electron chi connectivity index (χ2n) is 3.92. The summed E-state index contributed by atoms with van der Waals surface area (Å²) in [4.78, 5) is 13.1. The van der Waals surface area contributed by atoms with Crippen LogP contribution in [0.5, 0.6) is 0 Å². The lowest BCUT2D eigenvalue weighted by atomic mass is 10.1. The number of likely N-dealkylation sites (tertiary alicyclic amines) is 1. The predicted octanol–water partition coefficient (Wildman–Crippen LogP) is 1.89. The van der Waals surface area contributed by atoms with Gasteiger partial charge in [-0.25, -0.2) is 0 Å². The lowest BCUT2D eigenvalue weighted by molar-refractivity contribution is -0.143. The largest absolute Gasteiger partial charge is 0.480 e. The van der Waals surface area contributed by atoms with Gasteiger partial charge in [-0.2, -0.15) is 0 Å². The van der Waals surface area contributed by atoms with Gasteiger partial charge in [-0.05, 0) is 26.3 Å². The fourth-order valence-corrected chi connectivity index (χ4v) is 2.02. The molecule has 80 valence electrons. The minimum atomic E-state index is -0.694. The van der Waals surface area contributed by atoms with Gasteiger partial charge in [-0.15, -0.1) is 6.58 Å². The first-order chi connectivity index (χ1) is 6.66. The Morgan fingerprint density at radius 2 is 2.29 bits per heavy atom. The molecule has 14 heavy (non-hydrogen) atoms. The molecule has 0 aromatic heterocycles. The zero-order valence-electron chi connectivity index (χ0n) is 8.78. The highest BCUT2D eigenvalue weighted by Crippen LogP contribution is 2.19. The van der Waals surface area contributed by atoms with Gasteiger partial charge in [0.05, 0.1) is 0 Å². The van der Waals surface area contributed by atoms with Crippen LogP contribution < -0.4 is 0 Å². The van der Waals surface area contributed by atoms with Crippen molar-refractivity contribution in [1.82, 2.24) is 4.90 Å². The van der Waals surface area contributed by atoms with E-state index in [9.17, 15) is 4.79 Å². The van der Waals surface area contributed by atoms with Gasteiger partial charge in [0.25, 0.3) is 0 Å².